The third-order valence-corrected chi connectivity index (χ3v) is 4.59. The van der Waals surface area contributed by atoms with Crippen LogP contribution in [0, 0.1) is 0 Å². The molecular formula is C11H13Br2NO2. The predicted molar refractivity (Wildman–Crippen MR) is 71.6 cm³/mol. The fraction of sp³-hybridized carbons (Fsp3) is 0.364. The molecule has 1 aromatic rings. The number of hydrogen-bond acceptors (Lipinski definition) is 2. The minimum atomic E-state index is -0.345. The second kappa shape index (κ2) is 5.68. The number of carbonyl (C=O) groups excluding carboxylic acids is 1. The van der Waals surface area contributed by atoms with Crippen LogP contribution in [-0.2, 0) is 0 Å². The third kappa shape index (κ3) is 3.49. The van der Waals surface area contributed by atoms with E-state index in [0.717, 1.165) is 0 Å². The molecule has 1 rings (SSSR count). The molecule has 0 atom stereocenters. The summed E-state index contributed by atoms with van der Waals surface area (Å²) in [5, 5.41) is 13.5. The number of rotatable bonds is 4. The van der Waals surface area contributed by atoms with Gasteiger partial charge >= 0.3 is 0 Å². The van der Waals surface area contributed by atoms with Crippen molar-refractivity contribution in [3.05, 3.63) is 29.8 Å². The Bertz CT molecular complexity index is 378. The summed E-state index contributed by atoms with van der Waals surface area (Å²) < 4.78 is 0. The van der Waals surface area contributed by atoms with Crippen LogP contribution in [0.4, 0.5) is 0 Å². The molecule has 0 aliphatic rings. The van der Waals surface area contributed by atoms with Crippen LogP contribution in [0.2, 0.25) is 0 Å². The van der Waals surface area contributed by atoms with Crippen molar-refractivity contribution < 1.29 is 9.90 Å². The first kappa shape index (κ1) is 13.5. The fourth-order valence-electron chi connectivity index (χ4n) is 1.10. The first-order chi connectivity index (χ1) is 7.50. The number of nitrogens with one attached hydrogen (secondary N) is 1. The highest BCUT2D eigenvalue weighted by atomic mass is 79.9. The van der Waals surface area contributed by atoms with Gasteiger partial charge in [0.1, 0.15) is 5.75 Å². The van der Waals surface area contributed by atoms with E-state index in [-0.39, 0.29) is 17.2 Å². The predicted octanol–water partition coefficient (Wildman–Crippen LogP) is 2.67. The van der Waals surface area contributed by atoms with Gasteiger partial charge in [0.05, 0.1) is 5.54 Å². The van der Waals surface area contributed by atoms with E-state index < -0.39 is 0 Å². The van der Waals surface area contributed by atoms with E-state index >= 15 is 0 Å². The van der Waals surface area contributed by atoms with Gasteiger partial charge in [-0.05, 0) is 25.1 Å². The molecule has 0 aliphatic heterocycles. The minimum Gasteiger partial charge on any atom is -0.508 e. The van der Waals surface area contributed by atoms with Gasteiger partial charge in [-0.1, -0.05) is 37.9 Å². The van der Waals surface area contributed by atoms with Crippen LogP contribution in [0.15, 0.2) is 24.3 Å². The summed E-state index contributed by atoms with van der Waals surface area (Å²) in [5.41, 5.74) is 0.107. The lowest BCUT2D eigenvalue weighted by molar-refractivity contribution is 0.0922. The van der Waals surface area contributed by atoms with Gasteiger partial charge in [0.2, 0.25) is 0 Å². The number of halogens is 2. The van der Waals surface area contributed by atoms with Crippen LogP contribution in [0.1, 0.15) is 17.3 Å². The largest absolute Gasteiger partial charge is 0.508 e. The van der Waals surface area contributed by atoms with Gasteiger partial charge in [0.25, 0.3) is 5.91 Å². The lowest BCUT2D eigenvalue weighted by Gasteiger charge is -2.26. The molecule has 3 nitrogen and oxygen atoms in total. The summed E-state index contributed by atoms with van der Waals surface area (Å²) in [7, 11) is 0. The summed E-state index contributed by atoms with van der Waals surface area (Å²) in [5.74, 6) is -0.107. The van der Waals surface area contributed by atoms with Crippen LogP contribution in [-0.4, -0.2) is 27.2 Å². The summed E-state index contributed by atoms with van der Waals surface area (Å²) in [6.45, 7) is 1.93. The minimum absolute atomic E-state index is 0.0898. The van der Waals surface area contributed by atoms with Crippen LogP contribution in [0.3, 0.4) is 0 Å². The quantitative estimate of drug-likeness (QED) is 0.820. The Labute approximate surface area is 111 Å². The maximum absolute atomic E-state index is 11.9. The van der Waals surface area contributed by atoms with E-state index in [4.69, 9.17) is 0 Å². The normalized spacial score (nSPS) is 11.2. The zero-order valence-corrected chi connectivity index (χ0v) is 12.0. The zero-order chi connectivity index (χ0) is 12.2. The highest BCUT2D eigenvalue weighted by Crippen LogP contribution is 2.15. The molecule has 0 spiro atoms. The number of benzene rings is 1. The summed E-state index contributed by atoms with van der Waals surface area (Å²) in [6.07, 6.45) is 0. The molecular weight excluding hydrogens is 338 g/mol. The average molecular weight is 351 g/mol. The van der Waals surface area contributed by atoms with Gasteiger partial charge in [0, 0.05) is 16.2 Å². The van der Waals surface area contributed by atoms with E-state index in [2.05, 4.69) is 37.2 Å². The topological polar surface area (TPSA) is 49.3 Å². The molecule has 0 aromatic heterocycles. The number of amides is 1. The Morgan fingerprint density at radius 1 is 1.44 bits per heavy atom. The van der Waals surface area contributed by atoms with Gasteiger partial charge in [-0.15, -0.1) is 0 Å². The Hall–Kier alpha value is -0.550. The summed E-state index contributed by atoms with van der Waals surface area (Å²) in [4.78, 5) is 11.9. The van der Waals surface area contributed by atoms with E-state index in [1.54, 1.807) is 12.1 Å². The number of phenols is 1. The zero-order valence-electron chi connectivity index (χ0n) is 8.84. The average Bonchev–Trinajstić information content (AvgIpc) is 2.29. The Kier molecular flexibility index (Phi) is 4.80. The van der Waals surface area contributed by atoms with Crippen LogP contribution in [0.5, 0.6) is 5.75 Å². The number of hydrogen-bond donors (Lipinski definition) is 2. The van der Waals surface area contributed by atoms with E-state index in [1.807, 2.05) is 6.92 Å². The molecule has 1 aromatic carbocycles. The fourth-order valence-corrected chi connectivity index (χ4v) is 2.30. The Morgan fingerprint density at radius 3 is 2.56 bits per heavy atom. The van der Waals surface area contributed by atoms with Crippen LogP contribution < -0.4 is 5.32 Å². The van der Waals surface area contributed by atoms with Crippen molar-refractivity contribution in [3.8, 4) is 5.75 Å². The second-order valence-electron chi connectivity index (χ2n) is 3.83. The van der Waals surface area contributed by atoms with Crippen molar-refractivity contribution in [1.29, 1.82) is 0 Å². The summed E-state index contributed by atoms with van der Waals surface area (Å²) >= 11 is 6.71. The van der Waals surface area contributed by atoms with Gasteiger partial charge < -0.3 is 10.4 Å². The highest BCUT2D eigenvalue weighted by Gasteiger charge is 2.24. The van der Waals surface area contributed by atoms with Crippen molar-refractivity contribution in [2.24, 2.45) is 0 Å². The van der Waals surface area contributed by atoms with Gasteiger partial charge in [-0.3, -0.25) is 4.79 Å². The molecule has 0 aliphatic carbocycles. The molecule has 16 heavy (non-hydrogen) atoms. The molecule has 5 heteroatoms. The molecule has 88 valence electrons. The lowest BCUT2D eigenvalue weighted by atomic mass is 10.1. The number of aromatic hydroxyl groups is 1. The van der Waals surface area contributed by atoms with Gasteiger partial charge in [-0.25, -0.2) is 0 Å². The van der Waals surface area contributed by atoms with Crippen LogP contribution in [0.25, 0.3) is 0 Å². The number of phenolic OH excluding ortho intramolecular Hbond substituents is 1. The van der Waals surface area contributed by atoms with E-state index in [0.29, 0.717) is 16.2 Å². The first-order valence-electron chi connectivity index (χ1n) is 4.74. The molecule has 0 heterocycles. The molecule has 0 bridgehead atoms. The van der Waals surface area contributed by atoms with E-state index in [1.165, 1.54) is 12.1 Å². The van der Waals surface area contributed by atoms with Crippen molar-refractivity contribution in [1.82, 2.24) is 5.32 Å². The Balaban J connectivity index is 2.80. The molecule has 2 N–H and O–H groups in total. The van der Waals surface area contributed by atoms with Gasteiger partial charge in [-0.2, -0.15) is 0 Å². The first-order valence-corrected chi connectivity index (χ1v) is 6.98. The third-order valence-electron chi connectivity index (χ3n) is 2.11. The SMILES string of the molecule is CC(CBr)(CBr)NC(=O)c1cccc(O)c1. The summed E-state index contributed by atoms with van der Waals surface area (Å²) in [6, 6.07) is 6.28. The Morgan fingerprint density at radius 2 is 2.06 bits per heavy atom. The smallest absolute Gasteiger partial charge is 0.251 e. The molecule has 1 amide bonds. The maximum atomic E-state index is 11.9. The standard InChI is InChI=1S/C11H13Br2NO2/c1-11(6-12,7-13)14-10(16)8-3-2-4-9(15)5-8/h2-5,15H,6-7H2,1H3,(H,14,16). The number of carbonyl (C=O) groups is 1. The van der Waals surface area contributed by atoms with E-state index in [9.17, 15) is 9.90 Å². The number of alkyl halides is 2. The van der Waals surface area contributed by atoms with Gasteiger partial charge in [0.15, 0.2) is 0 Å². The monoisotopic (exact) mass is 349 g/mol. The molecule has 0 radical (unpaired) electrons. The molecule has 0 saturated carbocycles. The lowest BCUT2D eigenvalue weighted by Crippen LogP contribution is -2.48. The maximum Gasteiger partial charge on any atom is 0.251 e. The second-order valence-corrected chi connectivity index (χ2v) is 4.95. The molecule has 0 fully saturated rings. The van der Waals surface area contributed by atoms with Crippen molar-refractivity contribution in [3.63, 3.8) is 0 Å². The molecule has 0 unspecified atom stereocenters. The highest BCUT2D eigenvalue weighted by molar-refractivity contribution is 9.09. The van der Waals surface area contributed by atoms with Crippen molar-refractivity contribution in [2.75, 3.05) is 10.7 Å². The van der Waals surface area contributed by atoms with Crippen molar-refractivity contribution >= 4 is 37.8 Å². The van der Waals surface area contributed by atoms with Crippen LogP contribution >= 0.6 is 31.9 Å². The van der Waals surface area contributed by atoms with Crippen molar-refractivity contribution in [2.45, 2.75) is 12.5 Å². The molecule has 0 saturated heterocycles.